The van der Waals surface area contributed by atoms with E-state index in [-0.39, 0.29) is 18.3 Å². The molecule has 0 bridgehead atoms. The van der Waals surface area contributed by atoms with Crippen LogP contribution < -0.4 is 15.0 Å². The number of carbonyl (C=O) groups excluding carboxylic acids is 1. The van der Waals surface area contributed by atoms with Gasteiger partial charge in [-0.15, -0.1) is 0 Å². The molecule has 1 atom stereocenters. The first-order chi connectivity index (χ1) is 17.1. The highest BCUT2D eigenvalue weighted by atomic mass is 16.7. The van der Waals surface area contributed by atoms with Gasteiger partial charge in [0.05, 0.1) is 5.69 Å². The van der Waals surface area contributed by atoms with Gasteiger partial charge in [0.25, 0.3) is 5.56 Å². The van der Waals surface area contributed by atoms with Gasteiger partial charge in [-0.25, -0.2) is 4.68 Å². The lowest BCUT2D eigenvalue weighted by atomic mass is 10.1. The van der Waals surface area contributed by atoms with Gasteiger partial charge < -0.3 is 14.4 Å². The third-order valence-corrected chi connectivity index (χ3v) is 5.96. The zero-order chi connectivity index (χ0) is 24.2. The third-order valence-electron chi connectivity index (χ3n) is 5.96. The normalized spacial score (nSPS) is 12.8. The monoisotopic (exact) mass is 467 g/mol. The molecule has 0 fully saturated rings. The zero-order valence-electron chi connectivity index (χ0n) is 19.3. The van der Waals surface area contributed by atoms with E-state index in [1.165, 1.54) is 10.7 Å². The summed E-state index contributed by atoms with van der Waals surface area (Å²) >= 11 is 0. The molecule has 0 radical (unpaired) electrons. The van der Waals surface area contributed by atoms with Gasteiger partial charge in [-0.1, -0.05) is 60.7 Å². The molecule has 0 N–H and O–H groups in total. The number of hydrogen-bond acceptors (Lipinski definition) is 5. The molecule has 35 heavy (non-hydrogen) atoms. The summed E-state index contributed by atoms with van der Waals surface area (Å²) in [5, 5.41) is 4.55. The topological polar surface area (TPSA) is 73.7 Å². The van der Waals surface area contributed by atoms with Gasteiger partial charge >= 0.3 is 0 Å². The van der Waals surface area contributed by atoms with Gasteiger partial charge in [0, 0.05) is 24.7 Å². The quantitative estimate of drug-likeness (QED) is 0.402. The van der Waals surface area contributed by atoms with Crippen molar-refractivity contribution in [3.05, 3.63) is 112 Å². The Balaban J connectivity index is 1.44. The number of ether oxygens (including phenoxy) is 2. The second-order valence-corrected chi connectivity index (χ2v) is 8.41. The highest BCUT2D eigenvalue weighted by molar-refractivity contribution is 5.80. The Labute approximate surface area is 203 Å². The predicted molar refractivity (Wildman–Crippen MR) is 132 cm³/mol. The van der Waals surface area contributed by atoms with E-state index in [0.717, 1.165) is 16.7 Å². The van der Waals surface area contributed by atoms with Crippen molar-refractivity contribution in [1.29, 1.82) is 0 Å². The lowest BCUT2D eigenvalue weighted by Crippen LogP contribution is -2.39. The number of fused-ring (bicyclic) bond motifs is 1. The smallest absolute Gasteiger partial charge is 0.267 e. The average Bonchev–Trinajstić information content (AvgIpc) is 3.37. The van der Waals surface area contributed by atoms with Crippen LogP contribution in [0.25, 0.3) is 11.3 Å². The van der Waals surface area contributed by atoms with E-state index < -0.39 is 6.04 Å². The molecule has 1 aromatic heterocycles. The van der Waals surface area contributed by atoms with Gasteiger partial charge in [-0.05, 0) is 42.3 Å². The zero-order valence-corrected chi connectivity index (χ0v) is 19.3. The fourth-order valence-corrected chi connectivity index (χ4v) is 4.10. The average molecular weight is 468 g/mol. The molecule has 3 aromatic carbocycles. The minimum atomic E-state index is -0.788. The van der Waals surface area contributed by atoms with Gasteiger partial charge in [0.15, 0.2) is 11.5 Å². The Morgan fingerprint density at radius 2 is 1.51 bits per heavy atom. The number of benzene rings is 3. The fourth-order valence-electron chi connectivity index (χ4n) is 4.10. The summed E-state index contributed by atoms with van der Waals surface area (Å²) < 4.78 is 12.1. The van der Waals surface area contributed by atoms with E-state index in [9.17, 15) is 9.59 Å². The van der Waals surface area contributed by atoms with Crippen LogP contribution in [-0.2, 0) is 17.9 Å². The molecule has 0 saturated heterocycles. The van der Waals surface area contributed by atoms with E-state index in [4.69, 9.17) is 9.47 Å². The molecule has 1 aliphatic heterocycles. The Bertz CT molecular complexity index is 1340. The minimum absolute atomic E-state index is 0.177. The van der Waals surface area contributed by atoms with Crippen LogP contribution in [-0.4, -0.2) is 27.4 Å². The molecular formula is C28H25N3O4. The summed E-state index contributed by atoms with van der Waals surface area (Å²) in [6, 6.07) is 27.4. The number of carbonyl (C=O) groups is 1. The molecule has 0 aliphatic carbocycles. The molecule has 0 spiro atoms. The minimum Gasteiger partial charge on any atom is -0.454 e. The second-order valence-electron chi connectivity index (χ2n) is 8.41. The summed E-state index contributed by atoms with van der Waals surface area (Å²) in [5.74, 6) is 1.11. The number of amides is 1. The molecular weight excluding hydrogens is 442 g/mol. The molecule has 0 saturated carbocycles. The Morgan fingerprint density at radius 3 is 2.17 bits per heavy atom. The highest BCUT2D eigenvalue weighted by Crippen LogP contribution is 2.35. The molecule has 176 valence electrons. The van der Waals surface area contributed by atoms with Crippen LogP contribution in [0.5, 0.6) is 11.5 Å². The van der Waals surface area contributed by atoms with E-state index in [1.54, 1.807) is 17.9 Å². The first kappa shape index (κ1) is 22.4. The van der Waals surface area contributed by atoms with Crippen LogP contribution in [0.4, 0.5) is 0 Å². The number of rotatable bonds is 7. The van der Waals surface area contributed by atoms with Crippen molar-refractivity contribution < 1.29 is 14.3 Å². The van der Waals surface area contributed by atoms with Crippen molar-refractivity contribution >= 4 is 5.91 Å². The van der Waals surface area contributed by atoms with Crippen molar-refractivity contribution in [2.75, 3.05) is 6.79 Å². The largest absolute Gasteiger partial charge is 0.454 e. The molecule has 4 aromatic rings. The van der Waals surface area contributed by atoms with Crippen LogP contribution in [0.3, 0.4) is 0 Å². The summed E-state index contributed by atoms with van der Waals surface area (Å²) in [6.45, 7) is 2.74. The first-order valence-corrected chi connectivity index (χ1v) is 11.4. The molecule has 2 heterocycles. The van der Waals surface area contributed by atoms with E-state index in [2.05, 4.69) is 5.10 Å². The first-order valence-electron chi connectivity index (χ1n) is 11.4. The summed E-state index contributed by atoms with van der Waals surface area (Å²) in [6.07, 6.45) is 0. The standard InChI is InChI=1S/C28H25N3O4/c1-20(28(33)30(17-21-8-4-2-5-9-21)18-22-10-6-3-7-11-22)31-27(32)15-13-24(29-31)23-12-14-25-26(16-23)35-19-34-25/h2-16,20H,17-19H2,1H3. The second kappa shape index (κ2) is 9.85. The maximum absolute atomic E-state index is 13.7. The molecule has 1 unspecified atom stereocenters. The third kappa shape index (κ3) is 4.94. The lowest BCUT2D eigenvalue weighted by molar-refractivity contribution is -0.136. The maximum Gasteiger partial charge on any atom is 0.267 e. The van der Waals surface area contributed by atoms with Crippen LogP contribution in [0.15, 0.2) is 95.8 Å². The predicted octanol–water partition coefficient (Wildman–Crippen LogP) is 4.43. The van der Waals surface area contributed by atoms with Crippen molar-refractivity contribution in [3.8, 4) is 22.8 Å². The number of aromatic nitrogens is 2. The Hall–Kier alpha value is -4.39. The van der Waals surface area contributed by atoms with Gasteiger partial charge in [0.1, 0.15) is 6.04 Å². The SMILES string of the molecule is CC(C(=O)N(Cc1ccccc1)Cc1ccccc1)n1nc(-c2ccc3c(c2)OCO3)ccc1=O. The van der Waals surface area contributed by atoms with Crippen LogP contribution in [0.2, 0.25) is 0 Å². The molecule has 1 aliphatic rings. The van der Waals surface area contributed by atoms with Crippen molar-refractivity contribution in [2.24, 2.45) is 0 Å². The summed E-state index contributed by atoms with van der Waals surface area (Å²) in [7, 11) is 0. The van der Waals surface area contributed by atoms with Crippen LogP contribution >= 0.6 is 0 Å². The maximum atomic E-state index is 13.7. The van der Waals surface area contributed by atoms with Crippen molar-refractivity contribution in [2.45, 2.75) is 26.1 Å². The lowest BCUT2D eigenvalue weighted by Gasteiger charge is -2.26. The van der Waals surface area contributed by atoms with Crippen molar-refractivity contribution in [1.82, 2.24) is 14.7 Å². The molecule has 5 rings (SSSR count). The fraction of sp³-hybridized carbons (Fsp3) is 0.179. The highest BCUT2D eigenvalue weighted by Gasteiger charge is 2.25. The van der Waals surface area contributed by atoms with E-state index >= 15 is 0 Å². The van der Waals surface area contributed by atoms with E-state index in [0.29, 0.717) is 30.3 Å². The van der Waals surface area contributed by atoms with Crippen LogP contribution in [0, 0.1) is 0 Å². The summed E-state index contributed by atoms with van der Waals surface area (Å²) in [4.78, 5) is 28.2. The van der Waals surface area contributed by atoms with E-state index in [1.807, 2.05) is 78.9 Å². The Kier molecular flexibility index (Phi) is 6.30. The molecule has 7 heteroatoms. The van der Waals surface area contributed by atoms with Gasteiger partial charge in [-0.3, -0.25) is 9.59 Å². The van der Waals surface area contributed by atoms with Crippen LogP contribution in [0.1, 0.15) is 24.1 Å². The van der Waals surface area contributed by atoms with Gasteiger partial charge in [0.2, 0.25) is 12.7 Å². The Morgan fingerprint density at radius 1 is 0.886 bits per heavy atom. The number of nitrogens with zero attached hydrogens (tertiary/aromatic N) is 3. The van der Waals surface area contributed by atoms with Crippen molar-refractivity contribution in [3.63, 3.8) is 0 Å². The molecule has 1 amide bonds. The molecule has 7 nitrogen and oxygen atoms in total. The number of hydrogen-bond donors (Lipinski definition) is 0. The summed E-state index contributed by atoms with van der Waals surface area (Å²) in [5.41, 5.74) is 3.03. The van der Waals surface area contributed by atoms with Gasteiger partial charge in [-0.2, -0.15) is 5.10 Å².